The number of hydrogen-bond acceptors (Lipinski definition) is 9. The summed E-state index contributed by atoms with van der Waals surface area (Å²) in [5.41, 5.74) is 3.08. The maximum atomic E-state index is 13.7. The molecule has 9 nitrogen and oxygen atoms in total. The summed E-state index contributed by atoms with van der Waals surface area (Å²) in [7, 11) is 0. The van der Waals surface area contributed by atoms with E-state index in [1.54, 1.807) is 56.3 Å². The number of nitrogens with zero attached hydrogens (tertiary/aromatic N) is 2. The Morgan fingerprint density at radius 1 is 1.09 bits per heavy atom. The lowest BCUT2D eigenvalue weighted by atomic mass is 9.94. The molecule has 1 saturated heterocycles. The van der Waals surface area contributed by atoms with Crippen molar-refractivity contribution in [2.24, 2.45) is 0 Å². The van der Waals surface area contributed by atoms with Crippen LogP contribution in [-0.4, -0.2) is 40.5 Å². The Morgan fingerprint density at radius 3 is 2.66 bits per heavy atom. The number of ether oxygens (including phenoxy) is 3. The lowest BCUT2D eigenvalue weighted by Gasteiger charge is -2.23. The van der Waals surface area contributed by atoms with Crippen molar-refractivity contribution in [3.8, 4) is 11.5 Å². The summed E-state index contributed by atoms with van der Waals surface area (Å²) in [6, 6.07) is 20.9. The van der Waals surface area contributed by atoms with E-state index >= 15 is 0 Å². The largest absolute Gasteiger partial charge is 0.507 e. The molecular weight excluding hydrogens is 580 g/mol. The number of esters is 1. The summed E-state index contributed by atoms with van der Waals surface area (Å²) >= 11 is 0.962. The molecule has 0 unspecified atom stereocenters. The molecule has 3 aromatic carbocycles. The highest BCUT2D eigenvalue weighted by atomic mass is 32.1. The molecule has 10 heteroatoms. The number of rotatable bonds is 8. The van der Waals surface area contributed by atoms with Crippen LogP contribution in [0, 0.1) is 6.92 Å². The second-order valence-corrected chi connectivity index (χ2v) is 11.6. The molecule has 2 aliphatic heterocycles. The third kappa shape index (κ3) is 5.44. The van der Waals surface area contributed by atoms with Crippen molar-refractivity contribution in [1.82, 2.24) is 4.98 Å². The van der Waals surface area contributed by atoms with Gasteiger partial charge in [-0.15, -0.1) is 0 Å². The Morgan fingerprint density at radius 2 is 1.89 bits per heavy atom. The van der Waals surface area contributed by atoms with E-state index in [1.807, 2.05) is 37.3 Å². The number of aromatic nitrogens is 1. The fourth-order valence-corrected chi connectivity index (χ4v) is 6.44. The van der Waals surface area contributed by atoms with Gasteiger partial charge in [0.25, 0.3) is 5.78 Å². The molecule has 0 radical (unpaired) electrons. The van der Waals surface area contributed by atoms with Crippen molar-refractivity contribution in [3.05, 3.63) is 111 Å². The Labute approximate surface area is 258 Å². The number of thiazole rings is 1. The van der Waals surface area contributed by atoms with Crippen LogP contribution in [0.4, 0.5) is 5.13 Å². The topological polar surface area (TPSA) is 115 Å². The van der Waals surface area contributed by atoms with Gasteiger partial charge in [-0.05, 0) is 67.8 Å². The number of ketones is 1. The number of Topliss-reactive ketones (excluding diaryl/α,β-unsaturated/α-hetero) is 1. The molecule has 4 aromatic rings. The number of aryl methyl sites for hydroxylation is 1. The molecule has 6 rings (SSSR count). The molecule has 2 aliphatic rings. The van der Waals surface area contributed by atoms with E-state index in [1.165, 1.54) is 4.90 Å². The van der Waals surface area contributed by atoms with E-state index in [4.69, 9.17) is 14.2 Å². The first kappa shape index (κ1) is 29.1. The van der Waals surface area contributed by atoms with Gasteiger partial charge in [0.05, 0.1) is 23.9 Å². The maximum Gasteiger partial charge on any atom is 0.350 e. The molecule has 0 bridgehead atoms. The lowest BCUT2D eigenvalue weighted by Crippen LogP contribution is -2.29. The van der Waals surface area contributed by atoms with Crippen LogP contribution in [-0.2, 0) is 27.4 Å². The maximum absolute atomic E-state index is 13.7. The molecule has 1 amide bonds. The summed E-state index contributed by atoms with van der Waals surface area (Å²) in [5, 5.41) is 11.8. The van der Waals surface area contributed by atoms with Crippen molar-refractivity contribution in [2.45, 2.75) is 45.9 Å². The van der Waals surface area contributed by atoms with E-state index in [-0.39, 0.29) is 34.1 Å². The van der Waals surface area contributed by atoms with Gasteiger partial charge in [0.15, 0.2) is 5.13 Å². The molecule has 224 valence electrons. The van der Waals surface area contributed by atoms with Gasteiger partial charge >= 0.3 is 11.9 Å². The molecule has 44 heavy (non-hydrogen) atoms. The van der Waals surface area contributed by atoms with E-state index in [9.17, 15) is 19.5 Å². The smallest absolute Gasteiger partial charge is 0.350 e. The number of benzene rings is 3. The summed E-state index contributed by atoms with van der Waals surface area (Å²) in [5.74, 6) is -1.36. The number of aliphatic hydroxyl groups excluding tert-OH is 1. The first-order valence-corrected chi connectivity index (χ1v) is 15.1. The van der Waals surface area contributed by atoms with Crippen LogP contribution in [0.1, 0.15) is 57.5 Å². The van der Waals surface area contributed by atoms with E-state index in [2.05, 4.69) is 4.98 Å². The molecule has 1 aromatic heterocycles. The average molecular weight is 611 g/mol. The quantitative estimate of drug-likeness (QED) is 0.109. The molecule has 0 spiro atoms. The molecule has 1 N–H and O–H groups in total. The van der Waals surface area contributed by atoms with Gasteiger partial charge in [0, 0.05) is 12.0 Å². The van der Waals surface area contributed by atoms with E-state index in [0.717, 1.165) is 28.2 Å². The van der Waals surface area contributed by atoms with Gasteiger partial charge in [0.1, 0.15) is 34.8 Å². The number of fused-ring (bicyclic) bond motifs is 1. The number of carbonyl (C=O) groups is 3. The normalized spacial score (nSPS) is 18.7. The van der Waals surface area contributed by atoms with Crippen LogP contribution in [0.3, 0.4) is 0 Å². The number of amides is 1. The van der Waals surface area contributed by atoms with Crippen molar-refractivity contribution in [3.63, 3.8) is 0 Å². The third-order valence-corrected chi connectivity index (χ3v) is 8.63. The number of hydrogen-bond donors (Lipinski definition) is 1. The highest BCUT2D eigenvalue weighted by molar-refractivity contribution is 7.17. The Hall–Kier alpha value is -4.96. The highest BCUT2D eigenvalue weighted by Crippen LogP contribution is 2.45. The van der Waals surface area contributed by atoms with Crippen LogP contribution in [0.5, 0.6) is 11.5 Å². The SMILES string of the molecule is CCOC(=O)c1sc(N2C(=O)C(=O)C(=C(O)c3ccc4c(c3)C[C@@H](C)O4)[C@@H]2c2cccc(OCc3ccccc3)c2)nc1C. The zero-order valence-electron chi connectivity index (χ0n) is 24.4. The van der Waals surface area contributed by atoms with Gasteiger partial charge in [-0.25, -0.2) is 9.78 Å². The zero-order valence-corrected chi connectivity index (χ0v) is 25.2. The molecule has 2 atom stereocenters. The second-order valence-electron chi connectivity index (χ2n) is 10.6. The fourth-order valence-electron chi connectivity index (χ4n) is 5.46. The third-order valence-electron chi connectivity index (χ3n) is 7.49. The molecule has 0 saturated carbocycles. The van der Waals surface area contributed by atoms with Gasteiger partial charge in [0.2, 0.25) is 0 Å². The minimum atomic E-state index is -1.04. The molecule has 3 heterocycles. The predicted molar refractivity (Wildman–Crippen MR) is 165 cm³/mol. The van der Waals surface area contributed by atoms with Gasteiger partial charge < -0.3 is 19.3 Å². The molecular formula is C34H30N2O7S. The van der Waals surface area contributed by atoms with Crippen molar-refractivity contribution >= 4 is 39.9 Å². The van der Waals surface area contributed by atoms with E-state index < -0.39 is 23.7 Å². The standard InChI is InChI=1S/C34H30N2O7S/c1-4-41-33(40)31-20(3)35-34(44-31)36-28(22-11-8-12-25(17-22)42-18-21-9-6-5-7-10-21)27(30(38)32(36)39)29(37)23-13-14-26-24(16-23)15-19(2)43-26/h5-14,16-17,19,28,37H,4,15,18H2,1-3H3/t19-,28+/m1/s1. The predicted octanol–water partition coefficient (Wildman–Crippen LogP) is 6.16. The Balaban J connectivity index is 1.45. The van der Waals surface area contributed by atoms with Crippen LogP contribution in [0.25, 0.3) is 5.76 Å². The minimum absolute atomic E-state index is 0.00617. The Kier molecular flexibility index (Phi) is 7.92. The summed E-state index contributed by atoms with van der Waals surface area (Å²) in [6.07, 6.45) is 0.651. The Bertz CT molecular complexity index is 1800. The molecule has 0 aliphatic carbocycles. The van der Waals surface area contributed by atoms with Gasteiger partial charge in [-0.3, -0.25) is 14.5 Å². The summed E-state index contributed by atoms with van der Waals surface area (Å²) < 4.78 is 17.0. The minimum Gasteiger partial charge on any atom is -0.507 e. The zero-order chi connectivity index (χ0) is 31.0. The first-order chi connectivity index (χ1) is 21.2. The number of anilines is 1. The number of carbonyl (C=O) groups excluding carboxylic acids is 3. The van der Waals surface area contributed by atoms with Crippen molar-refractivity contribution < 1.29 is 33.7 Å². The highest BCUT2D eigenvalue weighted by Gasteiger charge is 2.48. The van der Waals surface area contributed by atoms with Gasteiger partial charge in [-0.2, -0.15) is 0 Å². The van der Waals surface area contributed by atoms with Crippen LogP contribution in [0.2, 0.25) is 0 Å². The average Bonchev–Trinajstić information content (AvgIpc) is 3.68. The fraction of sp³-hybridized carbons (Fsp3) is 0.235. The first-order valence-electron chi connectivity index (χ1n) is 14.3. The second kappa shape index (κ2) is 12.0. The summed E-state index contributed by atoms with van der Waals surface area (Å²) in [6.45, 7) is 5.79. The van der Waals surface area contributed by atoms with Crippen LogP contribution < -0.4 is 14.4 Å². The number of aliphatic hydroxyl groups is 1. The molecule has 1 fully saturated rings. The van der Waals surface area contributed by atoms with Crippen LogP contribution >= 0.6 is 11.3 Å². The summed E-state index contributed by atoms with van der Waals surface area (Å²) in [4.78, 5) is 46.0. The van der Waals surface area contributed by atoms with Crippen molar-refractivity contribution in [1.29, 1.82) is 0 Å². The lowest BCUT2D eigenvalue weighted by molar-refractivity contribution is -0.132. The monoisotopic (exact) mass is 610 g/mol. The van der Waals surface area contributed by atoms with Crippen LogP contribution in [0.15, 0.2) is 78.4 Å². The van der Waals surface area contributed by atoms with Crippen molar-refractivity contribution in [2.75, 3.05) is 11.5 Å². The van der Waals surface area contributed by atoms with Gasteiger partial charge in [-0.1, -0.05) is 53.8 Å². The van der Waals surface area contributed by atoms with E-state index in [0.29, 0.717) is 35.6 Å².